The maximum atomic E-state index is 13.3. The number of nitrogens with zero attached hydrogens (tertiary/aromatic N) is 1. The van der Waals surface area contributed by atoms with Crippen LogP contribution in [0.1, 0.15) is 52.8 Å². The summed E-state index contributed by atoms with van der Waals surface area (Å²) in [6, 6.07) is 14.4. The van der Waals surface area contributed by atoms with E-state index in [1.165, 1.54) is 0 Å². The summed E-state index contributed by atoms with van der Waals surface area (Å²) in [5, 5.41) is 13.0. The quantitative estimate of drug-likeness (QED) is 0.447. The lowest BCUT2D eigenvalue weighted by molar-refractivity contribution is -0.123. The van der Waals surface area contributed by atoms with Gasteiger partial charge in [0, 0.05) is 19.2 Å². The van der Waals surface area contributed by atoms with Gasteiger partial charge < -0.3 is 30.5 Å². The number of hydrogen-bond acceptors (Lipinski definition) is 6. The molecule has 0 saturated carbocycles. The Kier molecular flexibility index (Phi) is 7.48. The fourth-order valence-electron chi connectivity index (χ4n) is 5.57. The first-order valence-corrected chi connectivity index (χ1v) is 13.3. The molecule has 204 valence electrons. The number of benzene rings is 3. The first kappa shape index (κ1) is 26.6. The van der Waals surface area contributed by atoms with Crippen LogP contribution in [0.4, 0.5) is 5.69 Å². The van der Waals surface area contributed by atoms with Gasteiger partial charge in [-0.1, -0.05) is 18.2 Å². The lowest BCUT2D eigenvalue weighted by Gasteiger charge is -2.35. The molecule has 4 N–H and O–H groups in total. The summed E-state index contributed by atoms with van der Waals surface area (Å²) in [5.41, 5.74) is 13.0. The summed E-state index contributed by atoms with van der Waals surface area (Å²) in [7, 11) is 0. The third kappa shape index (κ3) is 5.71. The van der Waals surface area contributed by atoms with Crippen LogP contribution in [0.15, 0.2) is 48.5 Å². The van der Waals surface area contributed by atoms with E-state index in [0.29, 0.717) is 39.0 Å². The fourth-order valence-corrected chi connectivity index (χ4v) is 5.57. The first-order valence-electron chi connectivity index (χ1n) is 13.3. The van der Waals surface area contributed by atoms with Gasteiger partial charge in [0.2, 0.25) is 11.8 Å². The molecule has 0 aliphatic carbocycles. The molecule has 2 atom stereocenters. The number of carbonyl (C=O) groups is 2. The number of phenols is 1. The van der Waals surface area contributed by atoms with Crippen molar-refractivity contribution in [3.63, 3.8) is 0 Å². The first-order chi connectivity index (χ1) is 18.7. The maximum absolute atomic E-state index is 13.3. The van der Waals surface area contributed by atoms with Crippen molar-refractivity contribution in [3.05, 3.63) is 81.9 Å². The van der Waals surface area contributed by atoms with Crippen molar-refractivity contribution >= 4 is 17.5 Å². The number of aryl methyl sites for hydroxylation is 2. The van der Waals surface area contributed by atoms with Gasteiger partial charge >= 0.3 is 0 Å². The second-order valence-electron chi connectivity index (χ2n) is 10.4. The van der Waals surface area contributed by atoms with Crippen molar-refractivity contribution in [2.24, 2.45) is 5.73 Å². The van der Waals surface area contributed by atoms with Gasteiger partial charge in [-0.2, -0.15) is 0 Å². The molecular weight excluding hydrogens is 494 g/mol. The third-order valence-electron chi connectivity index (χ3n) is 7.55. The van der Waals surface area contributed by atoms with E-state index < -0.39 is 6.04 Å². The van der Waals surface area contributed by atoms with E-state index in [0.717, 1.165) is 50.6 Å². The van der Waals surface area contributed by atoms with Crippen LogP contribution in [0.3, 0.4) is 0 Å². The summed E-state index contributed by atoms with van der Waals surface area (Å²) >= 11 is 0. The fraction of sp³-hybridized carbons (Fsp3) is 0.355. The van der Waals surface area contributed by atoms with Crippen molar-refractivity contribution in [3.8, 4) is 17.2 Å². The predicted octanol–water partition coefficient (Wildman–Crippen LogP) is 3.85. The highest BCUT2D eigenvalue weighted by atomic mass is 16.6. The summed E-state index contributed by atoms with van der Waals surface area (Å²) in [6.07, 6.45) is 1.63. The van der Waals surface area contributed by atoms with Gasteiger partial charge in [-0.05, 0) is 96.8 Å². The van der Waals surface area contributed by atoms with Gasteiger partial charge in [0.1, 0.15) is 19.0 Å². The smallest absolute Gasteiger partial charge is 0.237 e. The normalized spacial score (nSPS) is 16.8. The molecule has 0 fully saturated rings. The van der Waals surface area contributed by atoms with Crippen LogP contribution in [0.25, 0.3) is 0 Å². The van der Waals surface area contributed by atoms with Crippen LogP contribution < -0.4 is 25.4 Å². The van der Waals surface area contributed by atoms with E-state index in [2.05, 4.69) is 11.4 Å². The summed E-state index contributed by atoms with van der Waals surface area (Å²) in [6.45, 7) is 6.97. The number of nitrogens with one attached hydrogen (secondary N) is 1. The highest BCUT2D eigenvalue weighted by Crippen LogP contribution is 2.36. The minimum atomic E-state index is -0.748. The summed E-state index contributed by atoms with van der Waals surface area (Å²) in [5.74, 6) is 1.43. The molecule has 0 unspecified atom stereocenters. The Morgan fingerprint density at radius 2 is 1.69 bits per heavy atom. The van der Waals surface area contributed by atoms with E-state index in [-0.39, 0.29) is 23.6 Å². The monoisotopic (exact) mass is 529 g/mol. The second-order valence-corrected chi connectivity index (χ2v) is 10.4. The van der Waals surface area contributed by atoms with Crippen LogP contribution in [0.2, 0.25) is 0 Å². The Morgan fingerprint density at radius 3 is 2.41 bits per heavy atom. The SMILES string of the molecule is CC(=O)N1CC[C@@H](NC(=O)[C@@H](N)Cc2c(C)cc(O)cc2C)c2cc(Cc3ccc4c(c3)OCCO4)ccc21. The number of hydrogen-bond donors (Lipinski definition) is 3. The summed E-state index contributed by atoms with van der Waals surface area (Å²) < 4.78 is 11.4. The standard InChI is InChI=1S/C31H35N3O5/c1-18-12-23(36)13-19(2)24(18)17-26(32)31(37)33-27-8-9-34(20(3)35)28-6-4-21(15-25(27)28)14-22-5-7-29-30(16-22)39-11-10-38-29/h4-7,12-13,15-16,26-27,36H,8-11,14,17,32H2,1-3H3,(H,33,37)/t26-,27+/m0/s1. The molecule has 2 aliphatic heterocycles. The maximum Gasteiger partial charge on any atom is 0.237 e. The lowest BCUT2D eigenvalue weighted by atomic mass is 9.91. The Labute approximate surface area is 228 Å². The van der Waals surface area contributed by atoms with Crippen LogP contribution in [0, 0.1) is 13.8 Å². The van der Waals surface area contributed by atoms with Crippen molar-refractivity contribution in [1.29, 1.82) is 0 Å². The van der Waals surface area contributed by atoms with E-state index in [4.69, 9.17) is 15.2 Å². The molecule has 5 rings (SSSR count). The molecule has 0 bridgehead atoms. The highest BCUT2D eigenvalue weighted by molar-refractivity contribution is 5.93. The van der Waals surface area contributed by atoms with Gasteiger partial charge in [0.05, 0.1) is 12.1 Å². The van der Waals surface area contributed by atoms with Crippen LogP contribution in [-0.4, -0.2) is 42.7 Å². The van der Waals surface area contributed by atoms with Crippen molar-refractivity contribution < 1.29 is 24.2 Å². The highest BCUT2D eigenvalue weighted by Gasteiger charge is 2.30. The Morgan fingerprint density at radius 1 is 1.03 bits per heavy atom. The molecule has 0 aromatic heterocycles. The number of aromatic hydroxyl groups is 1. The average Bonchev–Trinajstić information content (AvgIpc) is 2.90. The van der Waals surface area contributed by atoms with Gasteiger partial charge in [0.25, 0.3) is 0 Å². The zero-order valence-corrected chi connectivity index (χ0v) is 22.6. The topological polar surface area (TPSA) is 114 Å². The van der Waals surface area contributed by atoms with Crippen molar-refractivity contribution in [2.75, 3.05) is 24.7 Å². The van der Waals surface area contributed by atoms with Gasteiger partial charge in [-0.25, -0.2) is 0 Å². The van der Waals surface area contributed by atoms with Gasteiger partial charge in [-0.3, -0.25) is 9.59 Å². The zero-order chi connectivity index (χ0) is 27.7. The molecule has 8 heteroatoms. The number of nitrogens with two attached hydrogens (primary N) is 1. The number of phenolic OH excluding ortho intramolecular Hbond substituents is 1. The van der Waals surface area contributed by atoms with E-state index in [1.54, 1.807) is 24.0 Å². The minimum Gasteiger partial charge on any atom is -0.508 e. The minimum absolute atomic E-state index is 0.0319. The van der Waals surface area contributed by atoms with Gasteiger partial charge in [-0.15, -0.1) is 0 Å². The molecule has 2 amide bonds. The number of fused-ring (bicyclic) bond motifs is 2. The predicted molar refractivity (Wildman–Crippen MR) is 149 cm³/mol. The summed E-state index contributed by atoms with van der Waals surface area (Å²) in [4.78, 5) is 27.4. The molecule has 8 nitrogen and oxygen atoms in total. The zero-order valence-electron chi connectivity index (χ0n) is 22.6. The average molecular weight is 530 g/mol. The third-order valence-corrected chi connectivity index (χ3v) is 7.55. The molecule has 0 radical (unpaired) electrons. The molecule has 3 aromatic rings. The van der Waals surface area contributed by atoms with Crippen LogP contribution >= 0.6 is 0 Å². The Hall–Kier alpha value is -4.04. The molecular formula is C31H35N3O5. The van der Waals surface area contributed by atoms with Crippen LogP contribution in [0.5, 0.6) is 17.2 Å². The number of anilines is 1. The largest absolute Gasteiger partial charge is 0.508 e. The molecule has 0 saturated heterocycles. The molecule has 2 aliphatic rings. The van der Waals surface area contributed by atoms with E-state index in [1.807, 2.05) is 44.2 Å². The molecule has 0 spiro atoms. The number of ether oxygens (including phenoxy) is 2. The lowest BCUT2D eigenvalue weighted by Crippen LogP contribution is -2.46. The number of amides is 2. The number of carbonyl (C=O) groups excluding carboxylic acids is 2. The van der Waals surface area contributed by atoms with Crippen LogP contribution in [-0.2, 0) is 22.4 Å². The second kappa shape index (κ2) is 11.0. The molecule has 2 heterocycles. The van der Waals surface area contributed by atoms with Gasteiger partial charge in [0.15, 0.2) is 11.5 Å². The van der Waals surface area contributed by atoms with E-state index in [9.17, 15) is 14.7 Å². The van der Waals surface area contributed by atoms with E-state index >= 15 is 0 Å². The Bertz CT molecular complexity index is 1400. The number of rotatable bonds is 6. The van der Waals surface area contributed by atoms with Crippen molar-refractivity contribution in [1.82, 2.24) is 5.32 Å². The Balaban J connectivity index is 1.36. The molecule has 39 heavy (non-hydrogen) atoms. The molecule has 3 aromatic carbocycles. The van der Waals surface area contributed by atoms with Crippen molar-refractivity contribution in [2.45, 2.75) is 52.1 Å².